The molecule has 0 saturated carbocycles. The summed E-state index contributed by atoms with van der Waals surface area (Å²) in [5, 5.41) is 3.44. The minimum atomic E-state index is -3.68. The molecule has 0 radical (unpaired) electrons. The number of methoxy groups -OCH3 is 1. The Hall–Kier alpha value is -2.09. The number of nitrogens with zero attached hydrogens (tertiary/aromatic N) is 1. The first kappa shape index (κ1) is 21.6. The topological polar surface area (TPSA) is 75.7 Å². The van der Waals surface area contributed by atoms with Crippen LogP contribution in [0.15, 0.2) is 53.4 Å². The number of halogens is 1. The monoisotopic (exact) mass is 436 g/mol. The van der Waals surface area contributed by atoms with E-state index >= 15 is 0 Å². The Bertz CT molecular complexity index is 947. The second kappa shape index (κ2) is 9.61. The van der Waals surface area contributed by atoms with Crippen LogP contribution < -0.4 is 10.1 Å². The maximum absolute atomic E-state index is 13.1. The summed E-state index contributed by atoms with van der Waals surface area (Å²) in [6, 6.07) is 13.3. The molecule has 29 heavy (non-hydrogen) atoms. The molecule has 1 atom stereocenters. The number of sulfonamides is 1. The molecule has 0 bridgehead atoms. The molecule has 156 valence electrons. The molecule has 1 aliphatic heterocycles. The highest BCUT2D eigenvalue weighted by molar-refractivity contribution is 7.89. The lowest BCUT2D eigenvalue weighted by Crippen LogP contribution is -2.45. The summed E-state index contributed by atoms with van der Waals surface area (Å²) < 4.78 is 32.8. The molecule has 2 aromatic rings. The normalized spacial score (nSPS) is 17.7. The van der Waals surface area contributed by atoms with Gasteiger partial charge in [-0.1, -0.05) is 36.2 Å². The van der Waals surface area contributed by atoms with Crippen LogP contribution in [0.25, 0.3) is 0 Å². The molecule has 1 fully saturated rings. The van der Waals surface area contributed by atoms with Crippen LogP contribution in [0.2, 0.25) is 5.02 Å². The molecule has 1 amide bonds. The molecule has 0 aliphatic carbocycles. The molecule has 2 aromatic carbocycles. The Labute approximate surface area is 176 Å². The average molecular weight is 437 g/mol. The van der Waals surface area contributed by atoms with Crippen molar-refractivity contribution in [1.82, 2.24) is 9.62 Å². The van der Waals surface area contributed by atoms with E-state index in [0.717, 1.165) is 18.4 Å². The molecule has 0 aromatic heterocycles. The summed E-state index contributed by atoms with van der Waals surface area (Å²) in [7, 11) is -2.15. The van der Waals surface area contributed by atoms with Crippen molar-refractivity contribution in [2.75, 3.05) is 13.7 Å². The number of piperidine rings is 1. The lowest BCUT2D eigenvalue weighted by molar-refractivity contribution is -0.122. The Kier molecular flexibility index (Phi) is 7.16. The van der Waals surface area contributed by atoms with Gasteiger partial charge in [-0.15, -0.1) is 0 Å². The Morgan fingerprint density at radius 2 is 1.90 bits per heavy atom. The maximum atomic E-state index is 13.1. The molecular formula is C21H25ClN2O4S. The van der Waals surface area contributed by atoms with Crippen LogP contribution >= 0.6 is 11.6 Å². The van der Waals surface area contributed by atoms with Crippen molar-refractivity contribution in [2.24, 2.45) is 0 Å². The van der Waals surface area contributed by atoms with Gasteiger partial charge in [0.1, 0.15) is 5.75 Å². The summed E-state index contributed by atoms with van der Waals surface area (Å²) >= 11 is 6.12. The van der Waals surface area contributed by atoms with Gasteiger partial charge >= 0.3 is 0 Å². The number of hydrogen-bond donors (Lipinski definition) is 1. The lowest BCUT2D eigenvalue weighted by atomic mass is 10.0. The zero-order chi connectivity index (χ0) is 20.9. The highest BCUT2D eigenvalue weighted by Crippen LogP contribution is 2.28. The van der Waals surface area contributed by atoms with Crippen LogP contribution in [0.4, 0.5) is 0 Å². The first-order chi connectivity index (χ1) is 13.9. The molecule has 1 saturated heterocycles. The van der Waals surface area contributed by atoms with E-state index in [9.17, 15) is 13.2 Å². The number of ether oxygens (including phenoxy) is 1. The number of carbonyl (C=O) groups excluding carboxylic acids is 1. The fourth-order valence-electron chi connectivity index (χ4n) is 3.50. The SMILES string of the molecule is COc1ccc(S(=O)(=O)N2CCCC[C@@H]2CC(=O)NCc2ccccc2Cl)cc1. The Morgan fingerprint density at radius 1 is 1.17 bits per heavy atom. The minimum absolute atomic E-state index is 0.125. The third-order valence-corrected chi connectivity index (χ3v) is 7.43. The number of amides is 1. The Morgan fingerprint density at radius 3 is 2.59 bits per heavy atom. The number of carbonyl (C=O) groups is 1. The van der Waals surface area contributed by atoms with Crippen LogP contribution in [0.1, 0.15) is 31.2 Å². The van der Waals surface area contributed by atoms with Gasteiger partial charge in [-0.3, -0.25) is 4.79 Å². The van der Waals surface area contributed by atoms with Crippen LogP contribution in [0, 0.1) is 0 Å². The number of hydrogen-bond acceptors (Lipinski definition) is 4. The first-order valence-electron chi connectivity index (χ1n) is 9.58. The van der Waals surface area contributed by atoms with Crippen molar-refractivity contribution in [1.29, 1.82) is 0 Å². The van der Waals surface area contributed by atoms with Gasteiger partial charge in [0.05, 0.1) is 12.0 Å². The van der Waals surface area contributed by atoms with Gasteiger partial charge in [0.25, 0.3) is 0 Å². The van der Waals surface area contributed by atoms with E-state index < -0.39 is 10.0 Å². The zero-order valence-corrected chi connectivity index (χ0v) is 17.9. The van der Waals surface area contributed by atoms with Gasteiger partial charge in [-0.2, -0.15) is 4.31 Å². The maximum Gasteiger partial charge on any atom is 0.243 e. The standard InChI is InChI=1S/C21H25ClN2O4S/c1-28-18-9-11-19(12-10-18)29(26,27)24-13-5-4-7-17(24)14-21(25)23-15-16-6-2-3-8-20(16)22/h2-3,6,8-12,17H,4-5,7,13-15H2,1H3,(H,23,25)/t17-/m1/s1. The van der Waals surface area contributed by atoms with Crippen molar-refractivity contribution in [3.63, 3.8) is 0 Å². The molecule has 3 rings (SSSR count). The predicted molar refractivity (Wildman–Crippen MR) is 112 cm³/mol. The number of rotatable bonds is 7. The van der Waals surface area contributed by atoms with Crippen LogP contribution in [-0.2, 0) is 21.4 Å². The molecule has 1 heterocycles. The fourth-order valence-corrected chi connectivity index (χ4v) is 5.39. The van der Waals surface area contributed by atoms with Gasteiger partial charge in [0.2, 0.25) is 15.9 Å². The minimum Gasteiger partial charge on any atom is -0.497 e. The molecule has 1 N–H and O–H groups in total. The highest BCUT2D eigenvalue weighted by atomic mass is 35.5. The van der Waals surface area contributed by atoms with Crippen LogP contribution in [0.3, 0.4) is 0 Å². The summed E-state index contributed by atoms with van der Waals surface area (Å²) in [6.07, 6.45) is 2.47. The van der Waals surface area contributed by atoms with E-state index in [2.05, 4.69) is 5.32 Å². The summed E-state index contributed by atoms with van der Waals surface area (Å²) in [6.45, 7) is 0.729. The van der Waals surface area contributed by atoms with E-state index in [1.807, 2.05) is 18.2 Å². The summed E-state index contributed by atoms with van der Waals surface area (Å²) in [5.41, 5.74) is 0.828. The largest absolute Gasteiger partial charge is 0.497 e. The summed E-state index contributed by atoms with van der Waals surface area (Å²) in [4.78, 5) is 12.7. The van der Waals surface area contributed by atoms with Crippen molar-refractivity contribution in [3.8, 4) is 5.75 Å². The molecule has 8 heteroatoms. The molecule has 0 spiro atoms. The highest BCUT2D eigenvalue weighted by Gasteiger charge is 2.34. The first-order valence-corrected chi connectivity index (χ1v) is 11.4. The number of nitrogens with one attached hydrogen (secondary N) is 1. The van der Waals surface area contributed by atoms with Gasteiger partial charge in [-0.25, -0.2) is 8.42 Å². The van der Waals surface area contributed by atoms with Crippen LogP contribution in [-0.4, -0.2) is 38.3 Å². The van der Waals surface area contributed by atoms with Crippen molar-refractivity contribution >= 4 is 27.5 Å². The van der Waals surface area contributed by atoms with E-state index in [1.54, 1.807) is 18.2 Å². The zero-order valence-electron chi connectivity index (χ0n) is 16.3. The smallest absolute Gasteiger partial charge is 0.243 e. The molecule has 6 nitrogen and oxygen atoms in total. The van der Waals surface area contributed by atoms with E-state index in [-0.39, 0.29) is 23.3 Å². The van der Waals surface area contributed by atoms with E-state index in [0.29, 0.717) is 30.3 Å². The van der Waals surface area contributed by atoms with Crippen molar-refractivity contribution in [3.05, 3.63) is 59.1 Å². The van der Waals surface area contributed by atoms with E-state index in [4.69, 9.17) is 16.3 Å². The average Bonchev–Trinajstić information content (AvgIpc) is 2.73. The van der Waals surface area contributed by atoms with Crippen molar-refractivity contribution < 1.29 is 17.9 Å². The summed E-state index contributed by atoms with van der Waals surface area (Å²) in [5.74, 6) is 0.407. The van der Waals surface area contributed by atoms with Crippen LogP contribution in [0.5, 0.6) is 5.75 Å². The van der Waals surface area contributed by atoms with Gasteiger partial charge in [-0.05, 0) is 48.7 Å². The van der Waals surface area contributed by atoms with Gasteiger partial charge < -0.3 is 10.1 Å². The molecule has 0 unspecified atom stereocenters. The predicted octanol–water partition coefficient (Wildman–Crippen LogP) is 3.60. The van der Waals surface area contributed by atoms with E-state index in [1.165, 1.54) is 23.5 Å². The lowest BCUT2D eigenvalue weighted by Gasteiger charge is -2.34. The van der Waals surface area contributed by atoms with Gasteiger partial charge in [0.15, 0.2) is 0 Å². The third-order valence-electron chi connectivity index (χ3n) is 5.09. The molecule has 1 aliphatic rings. The third kappa shape index (κ3) is 5.29. The number of benzene rings is 2. The fraction of sp³-hybridized carbons (Fsp3) is 0.381. The second-order valence-corrected chi connectivity index (χ2v) is 9.31. The molecular weight excluding hydrogens is 412 g/mol. The van der Waals surface area contributed by atoms with Crippen molar-refractivity contribution in [2.45, 2.75) is 43.2 Å². The quantitative estimate of drug-likeness (QED) is 0.719. The Balaban J connectivity index is 1.68. The van der Waals surface area contributed by atoms with Gasteiger partial charge in [0, 0.05) is 30.6 Å². The second-order valence-electron chi connectivity index (χ2n) is 7.01.